The topological polar surface area (TPSA) is 42.2 Å². The average molecular weight is 414 g/mol. The highest BCUT2D eigenvalue weighted by molar-refractivity contribution is 6.35. The van der Waals surface area contributed by atoms with Crippen LogP contribution in [0.1, 0.15) is 37.5 Å². The number of nitrogens with one attached hydrogen (secondary N) is 1. The van der Waals surface area contributed by atoms with Crippen LogP contribution in [-0.4, -0.2) is 5.91 Å². The normalized spacial score (nSPS) is 12.3. The largest absolute Gasteiger partial charge is 0.457 e. The van der Waals surface area contributed by atoms with Gasteiger partial charge in [-0.2, -0.15) is 0 Å². The fourth-order valence-electron chi connectivity index (χ4n) is 2.77. The Labute approximate surface area is 175 Å². The number of carbonyl (C=O) groups excluding carboxylic acids is 1. The van der Waals surface area contributed by atoms with Crippen LogP contribution in [0.25, 0.3) is 17.4 Å². The molecule has 0 aliphatic carbocycles. The Balaban J connectivity index is 1.64. The van der Waals surface area contributed by atoms with Gasteiger partial charge in [-0.25, -0.2) is 0 Å². The molecule has 1 amide bonds. The molecule has 0 unspecified atom stereocenters. The number of halogens is 2. The number of carbonyl (C=O) groups is 1. The highest BCUT2D eigenvalue weighted by atomic mass is 35.5. The monoisotopic (exact) mass is 413 g/mol. The molecule has 0 bridgehead atoms. The van der Waals surface area contributed by atoms with E-state index in [1.54, 1.807) is 30.3 Å². The van der Waals surface area contributed by atoms with Crippen LogP contribution in [0.4, 0.5) is 5.69 Å². The molecule has 5 heteroatoms. The lowest BCUT2D eigenvalue weighted by atomic mass is 9.99. The van der Waals surface area contributed by atoms with E-state index in [1.807, 2.05) is 30.3 Å². The second kappa shape index (κ2) is 9.13. The lowest BCUT2D eigenvalue weighted by molar-refractivity contribution is -0.111. The summed E-state index contributed by atoms with van der Waals surface area (Å²) in [7, 11) is 0. The van der Waals surface area contributed by atoms with Crippen LogP contribution in [0.5, 0.6) is 0 Å². The maximum atomic E-state index is 12.2. The van der Waals surface area contributed by atoms with Gasteiger partial charge in [0.15, 0.2) is 0 Å². The van der Waals surface area contributed by atoms with Gasteiger partial charge in [0, 0.05) is 27.4 Å². The van der Waals surface area contributed by atoms with Crippen molar-refractivity contribution in [2.75, 3.05) is 5.32 Å². The highest BCUT2D eigenvalue weighted by Gasteiger charge is 2.07. The number of amides is 1. The molecule has 3 aromatic rings. The summed E-state index contributed by atoms with van der Waals surface area (Å²) < 4.78 is 5.75. The molecule has 0 radical (unpaired) electrons. The third kappa shape index (κ3) is 5.28. The van der Waals surface area contributed by atoms with E-state index in [-0.39, 0.29) is 5.91 Å². The van der Waals surface area contributed by atoms with Crippen molar-refractivity contribution in [3.8, 4) is 11.3 Å². The second-order valence-corrected chi connectivity index (χ2v) is 7.49. The van der Waals surface area contributed by atoms with E-state index in [2.05, 4.69) is 19.2 Å². The Hall–Kier alpha value is -2.49. The average Bonchev–Trinajstić information content (AvgIpc) is 3.15. The van der Waals surface area contributed by atoms with Gasteiger partial charge in [0.2, 0.25) is 5.91 Å². The Bertz CT molecular complexity index is 970. The molecule has 3 rings (SSSR count). The maximum Gasteiger partial charge on any atom is 0.248 e. The van der Waals surface area contributed by atoms with Crippen LogP contribution in [0, 0.1) is 0 Å². The van der Waals surface area contributed by atoms with E-state index in [0.29, 0.717) is 27.5 Å². The zero-order chi connectivity index (χ0) is 20.1. The molecule has 1 atom stereocenters. The Kier molecular flexibility index (Phi) is 6.61. The predicted octanol–water partition coefficient (Wildman–Crippen LogP) is 7.42. The van der Waals surface area contributed by atoms with Crippen molar-refractivity contribution in [2.24, 2.45) is 0 Å². The minimum absolute atomic E-state index is 0.222. The Morgan fingerprint density at radius 3 is 2.39 bits per heavy atom. The molecule has 0 aliphatic heterocycles. The van der Waals surface area contributed by atoms with Gasteiger partial charge in [0.05, 0.1) is 0 Å². The van der Waals surface area contributed by atoms with Crippen molar-refractivity contribution >= 4 is 40.9 Å². The van der Waals surface area contributed by atoms with Crippen molar-refractivity contribution in [3.05, 3.63) is 82.0 Å². The molecular formula is C23H21Cl2NO2. The molecule has 3 nitrogen and oxygen atoms in total. The molecule has 2 aromatic carbocycles. The molecule has 0 saturated carbocycles. The smallest absolute Gasteiger partial charge is 0.248 e. The van der Waals surface area contributed by atoms with E-state index in [9.17, 15) is 4.79 Å². The second-order valence-electron chi connectivity index (χ2n) is 6.61. The minimum Gasteiger partial charge on any atom is -0.457 e. The molecule has 0 saturated heterocycles. The molecule has 1 aromatic heterocycles. The van der Waals surface area contributed by atoms with Crippen LogP contribution >= 0.6 is 23.2 Å². The van der Waals surface area contributed by atoms with Gasteiger partial charge in [-0.15, -0.1) is 0 Å². The van der Waals surface area contributed by atoms with Crippen molar-refractivity contribution in [1.29, 1.82) is 0 Å². The van der Waals surface area contributed by atoms with Crippen LogP contribution < -0.4 is 5.32 Å². The Morgan fingerprint density at radius 2 is 1.75 bits per heavy atom. The summed E-state index contributed by atoms with van der Waals surface area (Å²) in [4.78, 5) is 12.2. The third-order valence-corrected chi connectivity index (χ3v) is 4.97. The van der Waals surface area contributed by atoms with Crippen LogP contribution in [-0.2, 0) is 4.79 Å². The zero-order valence-corrected chi connectivity index (χ0v) is 17.2. The predicted molar refractivity (Wildman–Crippen MR) is 117 cm³/mol. The molecular weight excluding hydrogens is 393 g/mol. The van der Waals surface area contributed by atoms with Gasteiger partial charge in [0.1, 0.15) is 11.5 Å². The van der Waals surface area contributed by atoms with E-state index < -0.39 is 0 Å². The minimum atomic E-state index is -0.222. The first kappa shape index (κ1) is 20.2. The van der Waals surface area contributed by atoms with E-state index in [0.717, 1.165) is 17.7 Å². The van der Waals surface area contributed by atoms with Gasteiger partial charge in [0.25, 0.3) is 0 Å². The number of anilines is 1. The summed E-state index contributed by atoms with van der Waals surface area (Å²) in [5, 5.41) is 3.92. The first-order chi connectivity index (χ1) is 13.4. The summed E-state index contributed by atoms with van der Waals surface area (Å²) in [6, 6.07) is 16.7. The van der Waals surface area contributed by atoms with Crippen molar-refractivity contribution in [1.82, 2.24) is 0 Å². The molecule has 0 fully saturated rings. The molecule has 28 heavy (non-hydrogen) atoms. The van der Waals surface area contributed by atoms with Gasteiger partial charge in [-0.3, -0.25) is 4.79 Å². The fourth-order valence-corrected chi connectivity index (χ4v) is 3.29. The van der Waals surface area contributed by atoms with Gasteiger partial charge in [-0.1, -0.05) is 49.2 Å². The summed E-state index contributed by atoms with van der Waals surface area (Å²) in [6.07, 6.45) is 4.15. The van der Waals surface area contributed by atoms with Crippen LogP contribution in [0.2, 0.25) is 10.0 Å². The number of hydrogen-bond acceptors (Lipinski definition) is 2. The molecule has 0 aliphatic rings. The summed E-state index contributed by atoms with van der Waals surface area (Å²) in [6.45, 7) is 4.34. The first-order valence-corrected chi connectivity index (χ1v) is 9.85. The lowest BCUT2D eigenvalue weighted by Gasteiger charge is -2.09. The highest BCUT2D eigenvalue weighted by Crippen LogP contribution is 2.29. The molecule has 144 valence electrons. The quantitative estimate of drug-likeness (QED) is 0.427. The standard InChI is InChI=1S/C23H21Cl2NO2/c1-3-15(2)16-4-6-20(7-5-16)26-23(27)11-9-21-8-10-22(28-21)17-12-18(24)14-19(25)13-17/h4-15H,3H2,1-2H3,(H,26,27)/b11-9+/t15-/m0/s1. The number of furan rings is 1. The third-order valence-electron chi connectivity index (χ3n) is 4.53. The number of hydrogen-bond donors (Lipinski definition) is 1. The van der Waals surface area contributed by atoms with E-state index in [4.69, 9.17) is 27.6 Å². The van der Waals surface area contributed by atoms with Crippen LogP contribution in [0.3, 0.4) is 0 Å². The van der Waals surface area contributed by atoms with Crippen molar-refractivity contribution in [3.63, 3.8) is 0 Å². The molecule has 1 heterocycles. The lowest BCUT2D eigenvalue weighted by Crippen LogP contribution is -2.07. The van der Waals surface area contributed by atoms with E-state index in [1.165, 1.54) is 11.6 Å². The van der Waals surface area contributed by atoms with Crippen molar-refractivity contribution in [2.45, 2.75) is 26.2 Å². The number of rotatable bonds is 6. The Morgan fingerprint density at radius 1 is 1.07 bits per heavy atom. The van der Waals surface area contributed by atoms with Crippen LogP contribution in [0.15, 0.2) is 65.1 Å². The summed E-state index contributed by atoms with van der Waals surface area (Å²) in [5.41, 5.74) is 2.80. The zero-order valence-electron chi connectivity index (χ0n) is 15.7. The van der Waals surface area contributed by atoms with Gasteiger partial charge < -0.3 is 9.73 Å². The first-order valence-electron chi connectivity index (χ1n) is 9.10. The van der Waals surface area contributed by atoms with Gasteiger partial charge >= 0.3 is 0 Å². The number of benzene rings is 2. The SMILES string of the molecule is CC[C@H](C)c1ccc(NC(=O)/C=C/c2ccc(-c3cc(Cl)cc(Cl)c3)o2)cc1. The summed E-state index contributed by atoms with van der Waals surface area (Å²) in [5.74, 6) is 1.48. The fraction of sp³-hybridized carbons (Fsp3) is 0.174. The van der Waals surface area contributed by atoms with E-state index >= 15 is 0 Å². The maximum absolute atomic E-state index is 12.2. The summed E-state index contributed by atoms with van der Waals surface area (Å²) >= 11 is 12.1. The molecule has 0 spiro atoms. The van der Waals surface area contributed by atoms with Gasteiger partial charge in [-0.05, 0) is 66.4 Å². The molecule has 1 N–H and O–H groups in total. The van der Waals surface area contributed by atoms with Crippen molar-refractivity contribution < 1.29 is 9.21 Å².